The molecule has 0 radical (unpaired) electrons. The topological polar surface area (TPSA) is 106 Å². The predicted molar refractivity (Wildman–Crippen MR) is 101 cm³/mol. The molecule has 0 bridgehead atoms. The number of aromatic nitrogens is 2. The summed E-state index contributed by atoms with van der Waals surface area (Å²) in [5, 5.41) is 16.0. The van der Waals surface area contributed by atoms with Gasteiger partial charge in [-0.25, -0.2) is 4.79 Å². The Kier molecular flexibility index (Phi) is 4.12. The monoisotopic (exact) mass is 395 g/mol. The number of hydrogen-bond acceptors (Lipinski definition) is 7. The van der Waals surface area contributed by atoms with Crippen molar-refractivity contribution in [2.45, 2.75) is 13.1 Å². The second-order valence-corrected chi connectivity index (χ2v) is 6.60. The summed E-state index contributed by atoms with van der Waals surface area (Å²) in [7, 11) is 0. The zero-order chi connectivity index (χ0) is 19.8. The quantitative estimate of drug-likeness (QED) is 0.656. The lowest BCUT2D eigenvalue weighted by molar-refractivity contribution is 0.0690. The van der Waals surface area contributed by atoms with Crippen LogP contribution in [0.5, 0.6) is 23.0 Å². The van der Waals surface area contributed by atoms with Crippen LogP contribution >= 0.6 is 0 Å². The molecular formula is C20H17N3O6. The minimum absolute atomic E-state index is 0.0146. The molecule has 2 N–H and O–H groups in total. The van der Waals surface area contributed by atoms with E-state index in [9.17, 15) is 9.90 Å². The van der Waals surface area contributed by atoms with Gasteiger partial charge in [0.1, 0.15) is 5.69 Å². The van der Waals surface area contributed by atoms with Gasteiger partial charge in [0.25, 0.3) is 0 Å². The Labute approximate surface area is 165 Å². The lowest BCUT2D eigenvalue weighted by Gasteiger charge is -2.23. The number of fused-ring (bicyclic) bond motifs is 2. The Bertz CT molecular complexity index is 1020. The van der Waals surface area contributed by atoms with Crippen LogP contribution in [-0.2, 0) is 13.1 Å². The number of para-hydroxylation sites is 2. The smallest absolute Gasteiger partial charge is 0.353 e. The molecule has 0 saturated carbocycles. The molecule has 0 saturated heterocycles. The molecule has 29 heavy (non-hydrogen) atoms. The molecule has 3 aromatic rings. The standard InChI is InChI=1S/C20H17N3O6/c24-20(25)14-7-17(22-21-14)23(8-12-3-1-5-15-18(12)28-10-26-15)9-13-4-2-6-16-19(13)29-11-27-16/h1-7H,8-11H2,(H,21,22)(H,24,25). The van der Waals surface area contributed by atoms with Gasteiger partial charge in [0.15, 0.2) is 28.8 Å². The highest BCUT2D eigenvalue weighted by Crippen LogP contribution is 2.39. The number of nitrogens with zero attached hydrogens (tertiary/aromatic N) is 2. The molecule has 148 valence electrons. The molecule has 0 aliphatic carbocycles. The number of aromatic amines is 1. The summed E-state index contributed by atoms with van der Waals surface area (Å²) in [6.45, 7) is 1.21. The van der Waals surface area contributed by atoms with E-state index in [1.165, 1.54) is 6.07 Å². The molecule has 3 heterocycles. The summed E-state index contributed by atoms with van der Waals surface area (Å²) in [5.41, 5.74) is 1.83. The van der Waals surface area contributed by atoms with E-state index in [1.54, 1.807) is 0 Å². The maximum absolute atomic E-state index is 11.3. The molecule has 0 unspecified atom stereocenters. The van der Waals surface area contributed by atoms with Crippen LogP contribution in [0.25, 0.3) is 0 Å². The van der Waals surface area contributed by atoms with Crippen molar-refractivity contribution in [2.75, 3.05) is 18.5 Å². The molecule has 2 aliphatic heterocycles. The molecule has 0 amide bonds. The number of carboxylic acids is 1. The average Bonchev–Trinajstić information content (AvgIpc) is 3.46. The Hall–Kier alpha value is -3.88. The number of rotatable bonds is 6. The SMILES string of the molecule is O=C(O)c1cc(N(Cc2cccc3c2OCO3)Cc2cccc3c2OCO3)n[nH]1. The summed E-state index contributed by atoms with van der Waals surface area (Å²) >= 11 is 0. The highest BCUT2D eigenvalue weighted by Gasteiger charge is 2.24. The molecule has 0 fully saturated rings. The first-order valence-corrected chi connectivity index (χ1v) is 8.97. The van der Waals surface area contributed by atoms with Crippen molar-refractivity contribution >= 4 is 11.8 Å². The molecule has 0 atom stereocenters. The Balaban J connectivity index is 1.50. The number of aromatic carboxylic acids is 1. The number of nitrogens with one attached hydrogen (secondary N) is 1. The number of hydrogen-bond donors (Lipinski definition) is 2. The van der Waals surface area contributed by atoms with Crippen LogP contribution in [0.2, 0.25) is 0 Å². The summed E-state index contributed by atoms with van der Waals surface area (Å²) in [6.07, 6.45) is 0. The fraction of sp³-hybridized carbons (Fsp3) is 0.200. The van der Waals surface area contributed by atoms with Crippen LogP contribution in [0.15, 0.2) is 42.5 Å². The van der Waals surface area contributed by atoms with Crippen molar-refractivity contribution in [3.05, 3.63) is 59.3 Å². The van der Waals surface area contributed by atoms with Gasteiger partial charge in [-0.3, -0.25) is 5.10 Å². The molecule has 5 rings (SSSR count). The maximum atomic E-state index is 11.3. The van der Waals surface area contributed by atoms with Crippen LogP contribution in [0, 0.1) is 0 Å². The van der Waals surface area contributed by atoms with Crippen molar-refractivity contribution in [3.8, 4) is 23.0 Å². The van der Waals surface area contributed by atoms with Crippen LogP contribution in [0.1, 0.15) is 21.6 Å². The van der Waals surface area contributed by atoms with E-state index in [-0.39, 0.29) is 19.3 Å². The third-order valence-corrected chi connectivity index (χ3v) is 4.80. The van der Waals surface area contributed by atoms with Gasteiger partial charge in [-0.15, -0.1) is 0 Å². The van der Waals surface area contributed by atoms with Gasteiger partial charge in [-0.2, -0.15) is 5.10 Å². The number of carbonyl (C=O) groups is 1. The predicted octanol–water partition coefficient (Wildman–Crippen LogP) is 2.77. The molecular weight excluding hydrogens is 378 g/mol. The highest BCUT2D eigenvalue weighted by molar-refractivity contribution is 5.86. The van der Waals surface area contributed by atoms with Crippen molar-refractivity contribution in [1.82, 2.24) is 10.2 Å². The summed E-state index contributed by atoms with van der Waals surface area (Å²) < 4.78 is 22.2. The lowest BCUT2D eigenvalue weighted by atomic mass is 10.1. The summed E-state index contributed by atoms with van der Waals surface area (Å²) in [6, 6.07) is 12.9. The minimum atomic E-state index is -1.07. The van der Waals surface area contributed by atoms with E-state index in [0.717, 1.165) is 11.1 Å². The van der Waals surface area contributed by atoms with Crippen LogP contribution < -0.4 is 23.8 Å². The first kappa shape index (κ1) is 17.2. The van der Waals surface area contributed by atoms with Crippen LogP contribution in [0.3, 0.4) is 0 Å². The van der Waals surface area contributed by atoms with Gasteiger partial charge in [0.2, 0.25) is 13.6 Å². The van der Waals surface area contributed by atoms with Crippen LogP contribution in [0.4, 0.5) is 5.82 Å². The van der Waals surface area contributed by atoms with Crippen molar-refractivity contribution in [2.24, 2.45) is 0 Å². The molecule has 2 aromatic carbocycles. The molecule has 1 aromatic heterocycles. The fourth-order valence-corrected chi connectivity index (χ4v) is 3.44. The van der Waals surface area contributed by atoms with E-state index in [0.29, 0.717) is 41.9 Å². The molecule has 9 heteroatoms. The third-order valence-electron chi connectivity index (χ3n) is 4.80. The van der Waals surface area contributed by atoms with E-state index in [1.807, 2.05) is 41.3 Å². The first-order valence-electron chi connectivity index (χ1n) is 8.97. The number of carboxylic acid groups (broad SMARTS) is 1. The van der Waals surface area contributed by atoms with E-state index >= 15 is 0 Å². The average molecular weight is 395 g/mol. The van der Waals surface area contributed by atoms with Gasteiger partial charge >= 0.3 is 5.97 Å². The largest absolute Gasteiger partial charge is 0.477 e. The van der Waals surface area contributed by atoms with Gasteiger partial charge < -0.3 is 29.0 Å². The minimum Gasteiger partial charge on any atom is -0.477 e. The van der Waals surface area contributed by atoms with Gasteiger partial charge in [-0.1, -0.05) is 24.3 Å². The highest BCUT2D eigenvalue weighted by atomic mass is 16.7. The zero-order valence-electron chi connectivity index (χ0n) is 15.3. The molecule has 9 nitrogen and oxygen atoms in total. The van der Waals surface area contributed by atoms with E-state index < -0.39 is 5.97 Å². The third kappa shape index (κ3) is 3.16. The van der Waals surface area contributed by atoms with E-state index in [4.69, 9.17) is 18.9 Å². The second kappa shape index (κ2) is 6.93. The number of H-pyrrole nitrogens is 1. The van der Waals surface area contributed by atoms with Crippen molar-refractivity contribution in [1.29, 1.82) is 0 Å². The van der Waals surface area contributed by atoms with Gasteiger partial charge in [0, 0.05) is 30.3 Å². The maximum Gasteiger partial charge on any atom is 0.353 e. The number of anilines is 1. The van der Waals surface area contributed by atoms with Crippen LogP contribution in [-0.4, -0.2) is 34.9 Å². The normalized spacial score (nSPS) is 13.5. The molecule has 0 spiro atoms. The first-order chi connectivity index (χ1) is 14.2. The Morgan fingerprint density at radius 3 is 2.07 bits per heavy atom. The van der Waals surface area contributed by atoms with E-state index in [2.05, 4.69) is 10.2 Å². The Morgan fingerprint density at radius 1 is 0.966 bits per heavy atom. The zero-order valence-corrected chi connectivity index (χ0v) is 15.3. The summed E-state index contributed by atoms with van der Waals surface area (Å²) in [5.74, 6) is 2.17. The number of benzene rings is 2. The van der Waals surface area contributed by atoms with Gasteiger partial charge in [0.05, 0.1) is 0 Å². The second-order valence-electron chi connectivity index (χ2n) is 6.60. The van der Waals surface area contributed by atoms with Gasteiger partial charge in [-0.05, 0) is 12.1 Å². The summed E-state index contributed by atoms with van der Waals surface area (Å²) in [4.78, 5) is 13.2. The van der Waals surface area contributed by atoms with Crippen molar-refractivity contribution < 1.29 is 28.8 Å². The molecule has 2 aliphatic rings. The Morgan fingerprint density at radius 2 is 1.55 bits per heavy atom. The fourth-order valence-electron chi connectivity index (χ4n) is 3.44. The number of ether oxygens (including phenoxy) is 4. The lowest BCUT2D eigenvalue weighted by Crippen LogP contribution is -2.23. The van der Waals surface area contributed by atoms with Crippen molar-refractivity contribution in [3.63, 3.8) is 0 Å².